The van der Waals surface area contributed by atoms with Crippen molar-refractivity contribution in [2.24, 2.45) is 0 Å². The van der Waals surface area contributed by atoms with Gasteiger partial charge in [-0.3, -0.25) is 0 Å². The number of rotatable bonds is 4. The summed E-state index contributed by atoms with van der Waals surface area (Å²) in [6.07, 6.45) is -4.73. The second-order valence-corrected chi connectivity index (χ2v) is 14.9. The maximum atomic E-state index is 15.3. The van der Waals surface area contributed by atoms with E-state index in [1.54, 1.807) is 26.0 Å². The molecule has 9 aromatic rings. The highest BCUT2D eigenvalue weighted by Crippen LogP contribution is 2.47. The minimum absolute atomic E-state index is 0.0367. The standard InChI is InChI=1S/C50H35F3N4/c1-28-15-19-44-37(23-28)35-11-7-9-13-42(35)56(44)46-21-17-33(48-31(4)30(3)41(27-54)32(5)49(48)50(51,52)53)25-39(46)40-26-34(55-6)18-22-47(40)57-43-14-10-8-12-36(43)38-24-29(2)16-20-45(38)57/h7-26H,1-5H3. The number of para-hydroxylation sites is 2. The van der Waals surface area contributed by atoms with Crippen molar-refractivity contribution in [2.75, 3.05) is 0 Å². The van der Waals surface area contributed by atoms with Crippen LogP contribution in [0, 0.1) is 52.5 Å². The van der Waals surface area contributed by atoms with Gasteiger partial charge in [0.15, 0.2) is 5.69 Å². The number of hydrogen-bond donors (Lipinski definition) is 0. The Kier molecular flexibility index (Phi) is 8.12. The smallest absolute Gasteiger partial charge is 0.309 e. The van der Waals surface area contributed by atoms with Gasteiger partial charge in [-0.2, -0.15) is 18.4 Å². The highest BCUT2D eigenvalue weighted by molar-refractivity contribution is 6.12. The molecular formula is C50H35F3N4. The van der Waals surface area contributed by atoms with E-state index in [9.17, 15) is 5.26 Å². The maximum absolute atomic E-state index is 15.3. The lowest BCUT2D eigenvalue weighted by molar-refractivity contribution is -0.137. The molecule has 0 unspecified atom stereocenters. The average Bonchev–Trinajstić information content (AvgIpc) is 3.70. The summed E-state index contributed by atoms with van der Waals surface area (Å²) >= 11 is 0. The molecule has 0 N–H and O–H groups in total. The van der Waals surface area contributed by atoms with E-state index in [0.717, 1.165) is 66.1 Å². The Bertz CT molecular complexity index is 3250. The van der Waals surface area contributed by atoms with E-state index in [-0.39, 0.29) is 16.7 Å². The van der Waals surface area contributed by atoms with Crippen molar-refractivity contribution in [1.29, 1.82) is 5.26 Å². The molecule has 0 bridgehead atoms. The lowest BCUT2D eigenvalue weighted by Crippen LogP contribution is -2.14. The molecule has 0 fully saturated rings. The van der Waals surface area contributed by atoms with Crippen molar-refractivity contribution >= 4 is 49.3 Å². The van der Waals surface area contributed by atoms with Crippen LogP contribution < -0.4 is 0 Å². The number of aromatic nitrogens is 2. The van der Waals surface area contributed by atoms with Gasteiger partial charge in [-0.05, 0) is 129 Å². The van der Waals surface area contributed by atoms with E-state index in [2.05, 4.69) is 88.5 Å². The van der Waals surface area contributed by atoms with Gasteiger partial charge in [0.1, 0.15) is 0 Å². The SMILES string of the molecule is [C-]#[N+]c1ccc(-n2c3ccccc3c3cc(C)ccc32)c(-c2cc(-c3c(C)c(C)c(C#N)c(C)c3C(F)(F)F)ccc2-n2c3ccccc3c3cc(C)ccc32)c1. The summed E-state index contributed by atoms with van der Waals surface area (Å²) in [6, 6.07) is 42.2. The Morgan fingerprint density at radius 3 is 1.60 bits per heavy atom. The van der Waals surface area contributed by atoms with Crippen LogP contribution in [-0.4, -0.2) is 9.13 Å². The number of fused-ring (bicyclic) bond motifs is 6. The molecule has 0 saturated heterocycles. The van der Waals surface area contributed by atoms with Crippen LogP contribution in [0.1, 0.15) is 38.9 Å². The largest absolute Gasteiger partial charge is 0.417 e. The Morgan fingerprint density at radius 1 is 0.561 bits per heavy atom. The first-order valence-electron chi connectivity index (χ1n) is 18.7. The molecule has 0 aliphatic carbocycles. The molecule has 0 aliphatic heterocycles. The first-order valence-corrected chi connectivity index (χ1v) is 18.7. The Hall–Kier alpha value is -7.09. The summed E-state index contributed by atoms with van der Waals surface area (Å²) in [5.74, 6) is 0. The van der Waals surface area contributed by atoms with Crippen molar-refractivity contribution in [3.05, 3.63) is 172 Å². The second kappa shape index (κ2) is 13.0. The molecule has 0 aliphatic rings. The predicted octanol–water partition coefficient (Wildman–Crippen LogP) is 14.2. The number of hydrogen-bond acceptors (Lipinski definition) is 1. The number of nitrogens with zero attached hydrogens (tertiary/aromatic N) is 4. The van der Waals surface area contributed by atoms with Gasteiger partial charge in [-0.25, -0.2) is 4.85 Å². The first-order chi connectivity index (χ1) is 27.4. The highest BCUT2D eigenvalue weighted by Gasteiger charge is 2.38. The lowest BCUT2D eigenvalue weighted by atomic mass is 9.84. The van der Waals surface area contributed by atoms with Crippen LogP contribution in [0.25, 0.3) is 82.1 Å². The third kappa shape index (κ3) is 5.42. The van der Waals surface area contributed by atoms with Gasteiger partial charge in [-0.15, -0.1) is 0 Å². The molecule has 2 aromatic heterocycles. The molecule has 4 nitrogen and oxygen atoms in total. The zero-order chi connectivity index (χ0) is 39.9. The number of halogens is 3. The summed E-state index contributed by atoms with van der Waals surface area (Å²) in [4.78, 5) is 3.86. The Morgan fingerprint density at radius 2 is 1.07 bits per heavy atom. The summed E-state index contributed by atoms with van der Waals surface area (Å²) in [7, 11) is 0. The predicted molar refractivity (Wildman–Crippen MR) is 226 cm³/mol. The highest BCUT2D eigenvalue weighted by atomic mass is 19.4. The van der Waals surface area contributed by atoms with Crippen molar-refractivity contribution in [2.45, 2.75) is 40.8 Å². The fourth-order valence-electron chi connectivity index (χ4n) is 8.84. The van der Waals surface area contributed by atoms with E-state index in [0.29, 0.717) is 33.5 Å². The van der Waals surface area contributed by atoms with Gasteiger partial charge in [0.2, 0.25) is 0 Å². The second-order valence-electron chi connectivity index (χ2n) is 14.9. The van der Waals surface area contributed by atoms with Crippen molar-refractivity contribution in [3.8, 4) is 39.7 Å². The summed E-state index contributed by atoms with van der Waals surface area (Å²) in [6.45, 7) is 17.0. The van der Waals surface area contributed by atoms with Crippen LogP contribution in [0.5, 0.6) is 0 Å². The molecule has 0 atom stereocenters. The van der Waals surface area contributed by atoms with Gasteiger partial charge in [0, 0.05) is 27.1 Å². The zero-order valence-corrected chi connectivity index (χ0v) is 32.0. The Balaban J connectivity index is 1.47. The first kappa shape index (κ1) is 35.6. The van der Waals surface area contributed by atoms with E-state index >= 15 is 13.2 Å². The van der Waals surface area contributed by atoms with Crippen LogP contribution in [0.4, 0.5) is 18.9 Å². The topological polar surface area (TPSA) is 38.0 Å². The number of aryl methyl sites for hydroxylation is 2. The fourth-order valence-corrected chi connectivity index (χ4v) is 8.84. The van der Waals surface area contributed by atoms with E-state index in [4.69, 9.17) is 6.57 Å². The van der Waals surface area contributed by atoms with Crippen molar-refractivity contribution in [1.82, 2.24) is 9.13 Å². The lowest BCUT2D eigenvalue weighted by Gasteiger charge is -2.24. The molecule has 0 saturated carbocycles. The van der Waals surface area contributed by atoms with Crippen LogP contribution in [0.3, 0.4) is 0 Å². The third-order valence-electron chi connectivity index (χ3n) is 11.5. The number of benzene rings is 7. The molecule has 7 aromatic carbocycles. The van der Waals surface area contributed by atoms with Crippen molar-refractivity contribution < 1.29 is 13.2 Å². The zero-order valence-electron chi connectivity index (χ0n) is 32.0. The van der Waals surface area contributed by atoms with Crippen molar-refractivity contribution in [3.63, 3.8) is 0 Å². The number of nitriles is 1. The molecular weight excluding hydrogens is 714 g/mol. The maximum Gasteiger partial charge on any atom is 0.417 e. The molecule has 9 rings (SSSR count). The van der Waals surface area contributed by atoms with Gasteiger partial charge in [-0.1, -0.05) is 71.8 Å². The van der Waals surface area contributed by atoms with Gasteiger partial charge < -0.3 is 9.13 Å². The molecule has 0 spiro atoms. The van der Waals surface area contributed by atoms with Gasteiger partial charge in [0.25, 0.3) is 0 Å². The summed E-state index contributed by atoms with van der Waals surface area (Å²) < 4.78 is 50.1. The molecule has 0 radical (unpaired) electrons. The minimum Gasteiger partial charge on any atom is -0.309 e. The minimum atomic E-state index is -4.73. The summed E-state index contributed by atoms with van der Waals surface area (Å²) in [5, 5.41) is 14.2. The van der Waals surface area contributed by atoms with E-state index in [1.807, 2.05) is 54.6 Å². The molecule has 57 heavy (non-hydrogen) atoms. The van der Waals surface area contributed by atoms with Crippen LogP contribution in [-0.2, 0) is 6.18 Å². The van der Waals surface area contributed by atoms with Crippen LogP contribution in [0.2, 0.25) is 0 Å². The quantitative estimate of drug-likeness (QED) is 0.165. The van der Waals surface area contributed by atoms with Crippen LogP contribution >= 0.6 is 0 Å². The van der Waals surface area contributed by atoms with Crippen LogP contribution in [0.15, 0.2) is 121 Å². The number of alkyl halides is 3. The fraction of sp³-hybridized carbons (Fsp3) is 0.120. The van der Waals surface area contributed by atoms with Gasteiger partial charge >= 0.3 is 6.18 Å². The van der Waals surface area contributed by atoms with E-state index < -0.39 is 11.7 Å². The van der Waals surface area contributed by atoms with E-state index in [1.165, 1.54) is 6.92 Å². The molecule has 276 valence electrons. The monoisotopic (exact) mass is 748 g/mol. The molecule has 0 amide bonds. The Labute approximate surface area is 328 Å². The molecule has 2 heterocycles. The third-order valence-corrected chi connectivity index (χ3v) is 11.5. The molecule has 7 heteroatoms. The average molecular weight is 749 g/mol. The normalized spacial score (nSPS) is 11.8. The van der Waals surface area contributed by atoms with Gasteiger partial charge in [0.05, 0.1) is 57.2 Å². The summed E-state index contributed by atoms with van der Waals surface area (Å²) in [5.41, 5.74) is 9.77.